The molecule has 494 valence electrons. The minimum Gasteiger partial charge on any atom is -0.480 e. The van der Waals surface area contributed by atoms with Gasteiger partial charge in [0, 0.05) is 53.1 Å². The molecule has 20 heteroatoms. The Labute approximate surface area is 556 Å². The van der Waals surface area contributed by atoms with Crippen molar-refractivity contribution < 1.29 is 38.6 Å². The van der Waals surface area contributed by atoms with Crippen LogP contribution in [0.3, 0.4) is 0 Å². The highest BCUT2D eigenvalue weighted by Gasteiger charge is 2.39. The first-order valence-corrected chi connectivity index (χ1v) is 32.8. The Balaban J connectivity index is 0.000000223. The molecule has 2 aromatic heterocycles. The van der Waals surface area contributed by atoms with Crippen LogP contribution in [0.4, 0.5) is 11.6 Å². The number of rotatable bonds is 26. The second-order valence-electron chi connectivity index (χ2n) is 25.0. The summed E-state index contributed by atoms with van der Waals surface area (Å²) in [6.45, 7) is 15.3. The van der Waals surface area contributed by atoms with Crippen LogP contribution < -0.4 is 9.80 Å². The quantitative estimate of drug-likeness (QED) is 0.0497. The number of carbonyl (C=O) groups excluding carboxylic acids is 5. The number of hydrogen-bond acceptors (Lipinski definition) is 13. The summed E-state index contributed by atoms with van der Waals surface area (Å²) >= 11 is 0. The van der Waals surface area contributed by atoms with Crippen LogP contribution in [0.5, 0.6) is 0 Å². The van der Waals surface area contributed by atoms with Crippen LogP contribution in [0.1, 0.15) is 113 Å². The molecule has 2 aliphatic rings. The molecule has 4 amide bonds. The van der Waals surface area contributed by atoms with E-state index >= 15 is 0 Å². The molecule has 0 bridgehead atoms. The van der Waals surface area contributed by atoms with E-state index in [0.29, 0.717) is 94.4 Å². The van der Waals surface area contributed by atoms with E-state index < -0.39 is 24.0 Å². The number of fused-ring (bicyclic) bond motifs is 2. The largest absolute Gasteiger partial charge is 0.480 e. The van der Waals surface area contributed by atoms with E-state index in [-0.39, 0.29) is 60.6 Å². The summed E-state index contributed by atoms with van der Waals surface area (Å²) in [7, 11) is 1.36. The molecule has 6 atom stereocenters. The van der Waals surface area contributed by atoms with Gasteiger partial charge in [0.2, 0.25) is 23.6 Å². The number of esters is 1. The molecular weight excluding hydrogens is 1200 g/mol. The van der Waals surface area contributed by atoms with Crippen molar-refractivity contribution in [1.29, 1.82) is 10.5 Å². The number of benzene rings is 6. The normalized spacial score (nSPS) is 15.7. The van der Waals surface area contributed by atoms with Gasteiger partial charge >= 0.3 is 11.9 Å². The predicted molar refractivity (Wildman–Crippen MR) is 365 cm³/mol. The summed E-state index contributed by atoms with van der Waals surface area (Å²) in [6, 6.07) is 45.6. The van der Waals surface area contributed by atoms with Gasteiger partial charge in [-0.1, -0.05) is 150 Å². The third-order valence-corrected chi connectivity index (χ3v) is 18.8. The first-order chi connectivity index (χ1) is 45.9. The van der Waals surface area contributed by atoms with Crippen molar-refractivity contribution in [2.75, 3.05) is 56.2 Å². The van der Waals surface area contributed by atoms with Crippen molar-refractivity contribution in [2.45, 2.75) is 130 Å². The number of imidazole rings is 2. The lowest BCUT2D eigenvalue weighted by molar-refractivity contribution is -0.151. The molecule has 1 N–H and O–H groups in total. The molecule has 2 saturated heterocycles. The van der Waals surface area contributed by atoms with Gasteiger partial charge in [-0.05, 0) is 106 Å². The first kappa shape index (κ1) is 69.3. The fourth-order valence-electron chi connectivity index (χ4n) is 13.3. The Kier molecular flexibility index (Phi) is 23.9. The van der Waals surface area contributed by atoms with Crippen LogP contribution in [0, 0.1) is 34.5 Å². The van der Waals surface area contributed by atoms with Gasteiger partial charge in [-0.15, -0.1) is 0 Å². The Bertz CT molecular complexity index is 4050. The summed E-state index contributed by atoms with van der Waals surface area (Å²) in [5.41, 5.74) is 5.23. The minimum absolute atomic E-state index is 0.0240. The molecule has 6 aromatic carbocycles. The summed E-state index contributed by atoms with van der Waals surface area (Å²) in [4.78, 5) is 99.2. The molecule has 2 aliphatic heterocycles. The predicted octanol–water partition coefficient (Wildman–Crippen LogP) is 10.7. The number of carboxylic acids is 1. The molecular formula is C75H86N12O8. The van der Waals surface area contributed by atoms with Crippen LogP contribution in [-0.4, -0.2) is 150 Å². The third-order valence-electron chi connectivity index (χ3n) is 18.8. The Morgan fingerprint density at radius 1 is 0.579 bits per heavy atom. The lowest BCUT2D eigenvalue weighted by Gasteiger charge is -2.39. The molecule has 0 unspecified atom stereocenters. The van der Waals surface area contributed by atoms with Crippen molar-refractivity contribution in [2.24, 2.45) is 11.8 Å². The number of ether oxygens (including phenoxy) is 1. The maximum atomic E-state index is 14.0. The lowest BCUT2D eigenvalue weighted by Crippen LogP contribution is -2.52. The van der Waals surface area contributed by atoms with Crippen LogP contribution in [0.15, 0.2) is 159 Å². The van der Waals surface area contributed by atoms with Crippen molar-refractivity contribution >= 4 is 68.7 Å². The van der Waals surface area contributed by atoms with Crippen molar-refractivity contribution in [3.63, 3.8) is 0 Å². The van der Waals surface area contributed by atoms with Crippen LogP contribution in [0.25, 0.3) is 21.5 Å². The zero-order valence-corrected chi connectivity index (χ0v) is 55.5. The fraction of sp³-hybridized carbons (Fsp3) is 0.387. The topological polar surface area (TPSA) is 235 Å². The number of aromatic nitrogens is 4. The van der Waals surface area contributed by atoms with Crippen molar-refractivity contribution in [1.82, 2.24) is 38.7 Å². The monoisotopic (exact) mass is 1280 g/mol. The van der Waals surface area contributed by atoms with Crippen LogP contribution in [0.2, 0.25) is 0 Å². The number of aliphatic carboxylic acids is 1. The Morgan fingerprint density at radius 2 is 0.979 bits per heavy atom. The molecule has 2 fully saturated rings. The first-order valence-electron chi connectivity index (χ1n) is 32.8. The summed E-state index contributed by atoms with van der Waals surface area (Å²) in [6.07, 6.45) is 10.9. The zero-order valence-electron chi connectivity index (χ0n) is 55.5. The summed E-state index contributed by atoms with van der Waals surface area (Å²) < 4.78 is 8.90. The number of carboxylic acid groups (broad SMARTS) is 1. The fourth-order valence-corrected chi connectivity index (χ4v) is 13.3. The molecule has 0 saturated carbocycles. The Hall–Kier alpha value is -10.0. The Morgan fingerprint density at radius 3 is 1.37 bits per heavy atom. The average Bonchev–Trinajstić information content (AvgIpc) is 1.81. The van der Waals surface area contributed by atoms with Gasteiger partial charge in [-0.3, -0.25) is 38.8 Å². The number of amides is 4. The average molecular weight is 1280 g/mol. The van der Waals surface area contributed by atoms with Gasteiger partial charge in [-0.2, -0.15) is 10.5 Å². The van der Waals surface area contributed by atoms with E-state index in [9.17, 15) is 44.4 Å². The van der Waals surface area contributed by atoms with E-state index in [4.69, 9.17) is 4.74 Å². The third kappa shape index (κ3) is 17.0. The molecule has 10 rings (SSSR count). The van der Waals surface area contributed by atoms with E-state index in [1.165, 1.54) is 12.0 Å². The number of nitriles is 2. The van der Waals surface area contributed by atoms with Gasteiger partial charge in [-0.25, -0.2) is 19.6 Å². The highest BCUT2D eigenvalue weighted by molar-refractivity contribution is 5.93. The SMILES string of the molecule is CC[C@H](C)[C@@H](CN(CC(=O)N1CCC[C@@H]1C(=O)O)Cc1cccc2ccccc12)N(C(C)=O)c1cncn1Cc1ccc(C#N)cc1.CC[C@H](C)[C@@H](CN(CC(=O)N1CCC[C@@H]1C(=O)OC)Cc1cccc2ccccc12)N(C(C)=O)c1cncn1Cc1ccc(C#N)cc1. The molecule has 8 aromatic rings. The standard InChI is InChI=1S/C38H44N6O4.C37H42N6O4/c1-5-27(2)35(44(28(3)45)36-21-40-26-42(36)22-30-17-15-29(20-39)16-18-30)24-41(23-32-12-8-11-31-10-6-7-13-33(31)32)25-37(46)43-19-9-14-34(43)38(47)48-4;1-4-26(2)34(43(27(3)44)35-20-39-25-41(35)21-29-16-14-28(19-38)15-17-29)23-40(24-36(45)42-18-8-13-33(42)37(46)47)22-31-11-7-10-30-9-5-6-12-32(30)31/h6-8,10-13,15-18,21,26-27,34-35H,5,9,14,19,22-25H2,1-4H3;5-7,9-12,14-17,20,25-26,33-34H,4,8,13,18,21-24H2,1-3H3,(H,46,47)/t27-,34+,35+;26-,33+,34+/m00/s1. The summed E-state index contributed by atoms with van der Waals surface area (Å²) in [5, 5.41) is 32.6. The number of hydrogen-bond donors (Lipinski definition) is 1. The number of likely N-dealkylation sites (tertiary alicyclic amines) is 2. The number of methoxy groups -OCH3 is 1. The van der Waals surface area contributed by atoms with Crippen molar-refractivity contribution in [3.05, 3.63) is 192 Å². The number of nitrogens with zero attached hydrogens (tertiary/aromatic N) is 12. The summed E-state index contributed by atoms with van der Waals surface area (Å²) in [5.74, 6) is -0.544. The van der Waals surface area contributed by atoms with Gasteiger partial charge < -0.3 is 28.8 Å². The highest BCUT2D eigenvalue weighted by Crippen LogP contribution is 2.31. The van der Waals surface area contributed by atoms with Crippen molar-refractivity contribution in [3.8, 4) is 12.1 Å². The maximum absolute atomic E-state index is 14.0. The second-order valence-corrected chi connectivity index (χ2v) is 25.0. The number of anilines is 2. The molecule has 0 aliphatic carbocycles. The second kappa shape index (κ2) is 32.7. The minimum atomic E-state index is -0.979. The van der Waals surface area contributed by atoms with Gasteiger partial charge in [0.05, 0.1) is 93.7 Å². The number of carbonyl (C=O) groups is 6. The zero-order chi connectivity index (χ0) is 67.7. The van der Waals surface area contributed by atoms with Gasteiger partial charge in [0.1, 0.15) is 23.7 Å². The molecule has 95 heavy (non-hydrogen) atoms. The van der Waals surface area contributed by atoms with Crippen LogP contribution in [-0.2, 0) is 59.7 Å². The van der Waals surface area contributed by atoms with E-state index in [1.54, 1.807) is 73.0 Å². The molecule has 0 spiro atoms. The molecule has 0 radical (unpaired) electrons. The highest BCUT2D eigenvalue weighted by atomic mass is 16.5. The lowest BCUT2D eigenvalue weighted by atomic mass is 9.96. The van der Waals surface area contributed by atoms with Crippen LogP contribution >= 0.6 is 0 Å². The van der Waals surface area contributed by atoms with E-state index in [0.717, 1.165) is 63.1 Å². The van der Waals surface area contributed by atoms with Gasteiger partial charge in [0.25, 0.3) is 0 Å². The van der Waals surface area contributed by atoms with Gasteiger partial charge in [0.15, 0.2) is 0 Å². The maximum Gasteiger partial charge on any atom is 0.328 e. The molecule has 20 nitrogen and oxygen atoms in total. The van der Waals surface area contributed by atoms with E-state index in [1.807, 2.05) is 74.7 Å². The van der Waals surface area contributed by atoms with E-state index in [2.05, 4.69) is 108 Å². The molecule has 4 heterocycles. The smallest absolute Gasteiger partial charge is 0.328 e.